The van der Waals surface area contributed by atoms with Crippen LogP contribution in [0.3, 0.4) is 0 Å². The van der Waals surface area contributed by atoms with E-state index in [0.29, 0.717) is 5.57 Å². The third kappa shape index (κ3) is 11.1. The van der Waals surface area contributed by atoms with E-state index in [4.69, 9.17) is 4.74 Å². The summed E-state index contributed by atoms with van der Waals surface area (Å²) >= 11 is 0. The number of amides is 1. The molecule has 0 aromatic rings. The molecule has 6 nitrogen and oxygen atoms in total. The molecule has 1 amide bonds. The van der Waals surface area contributed by atoms with Crippen molar-refractivity contribution in [3.8, 4) is 0 Å². The van der Waals surface area contributed by atoms with Crippen LogP contribution in [-0.2, 0) is 24.2 Å². The Balaban J connectivity index is 2.79. The van der Waals surface area contributed by atoms with E-state index >= 15 is 0 Å². The Morgan fingerprint density at radius 3 is 2.44 bits per heavy atom. The van der Waals surface area contributed by atoms with Gasteiger partial charge in [-0.3, -0.25) is 4.79 Å². The van der Waals surface area contributed by atoms with Gasteiger partial charge in [0.15, 0.2) is 0 Å². The first kappa shape index (κ1) is 29.6. The van der Waals surface area contributed by atoms with Crippen LogP contribution in [0.15, 0.2) is 58.7 Å². The third-order valence-electron chi connectivity index (χ3n) is 5.80. The number of esters is 1. The van der Waals surface area contributed by atoms with Crippen LogP contribution in [0.4, 0.5) is 0 Å². The molecule has 0 unspecified atom stereocenters. The minimum Gasteiger partial charge on any atom is -0.464 e. The SMILES string of the molecule is CCOC(=O)[C@H](CCS(C)(=O)=O)NC(=O)\C=C(C)/C=C/C=C(C)/C=C/C1=C(C)CCCC1(C)C. The van der Waals surface area contributed by atoms with E-state index in [-0.39, 0.29) is 24.2 Å². The lowest BCUT2D eigenvalue weighted by molar-refractivity contribution is -0.147. The predicted octanol–water partition coefficient (Wildman–Crippen LogP) is 5.00. The van der Waals surface area contributed by atoms with Gasteiger partial charge in [-0.1, -0.05) is 55.4 Å². The van der Waals surface area contributed by atoms with Crippen LogP contribution in [0.1, 0.15) is 67.2 Å². The van der Waals surface area contributed by atoms with E-state index in [1.54, 1.807) is 13.8 Å². The van der Waals surface area contributed by atoms with E-state index in [1.165, 1.54) is 30.1 Å². The van der Waals surface area contributed by atoms with E-state index in [1.807, 2.05) is 25.2 Å². The van der Waals surface area contributed by atoms with Gasteiger partial charge in [-0.25, -0.2) is 13.2 Å². The van der Waals surface area contributed by atoms with Crippen molar-refractivity contribution in [1.82, 2.24) is 5.32 Å². The fourth-order valence-corrected chi connectivity index (χ4v) is 4.59. The van der Waals surface area contributed by atoms with Gasteiger partial charge >= 0.3 is 5.97 Å². The van der Waals surface area contributed by atoms with Crippen LogP contribution in [0.25, 0.3) is 0 Å². The summed E-state index contributed by atoms with van der Waals surface area (Å²) in [5, 5.41) is 2.55. The Morgan fingerprint density at radius 2 is 1.85 bits per heavy atom. The smallest absolute Gasteiger partial charge is 0.328 e. The number of rotatable bonds is 11. The summed E-state index contributed by atoms with van der Waals surface area (Å²) in [6, 6.07) is -1.01. The third-order valence-corrected chi connectivity index (χ3v) is 6.77. The average Bonchev–Trinajstić information content (AvgIpc) is 2.69. The van der Waals surface area contributed by atoms with Crippen molar-refractivity contribution in [2.75, 3.05) is 18.6 Å². The fourth-order valence-electron chi connectivity index (χ4n) is 3.92. The first-order chi connectivity index (χ1) is 15.7. The minimum atomic E-state index is -3.27. The van der Waals surface area contributed by atoms with E-state index in [0.717, 1.165) is 18.2 Å². The summed E-state index contributed by atoms with van der Waals surface area (Å²) in [6.07, 6.45) is 16.0. The van der Waals surface area contributed by atoms with Gasteiger partial charge in [0.05, 0.1) is 12.4 Å². The summed E-state index contributed by atoms with van der Waals surface area (Å²) in [5.41, 5.74) is 4.86. The van der Waals surface area contributed by atoms with Gasteiger partial charge in [0.25, 0.3) is 0 Å². The van der Waals surface area contributed by atoms with Crippen molar-refractivity contribution in [3.05, 3.63) is 58.7 Å². The molecule has 1 atom stereocenters. The maximum absolute atomic E-state index is 12.4. The molecule has 1 aliphatic carbocycles. The van der Waals surface area contributed by atoms with E-state index in [9.17, 15) is 18.0 Å². The largest absolute Gasteiger partial charge is 0.464 e. The van der Waals surface area contributed by atoms with E-state index < -0.39 is 27.8 Å². The second kappa shape index (κ2) is 13.5. The summed E-state index contributed by atoms with van der Waals surface area (Å²) in [4.78, 5) is 24.4. The van der Waals surface area contributed by atoms with Crippen molar-refractivity contribution in [1.29, 1.82) is 0 Å². The quantitative estimate of drug-likeness (QED) is 0.250. The lowest BCUT2D eigenvalue weighted by Gasteiger charge is -2.32. The molecule has 1 N–H and O–H groups in total. The molecule has 0 fully saturated rings. The van der Waals surface area contributed by atoms with E-state index in [2.05, 4.69) is 38.2 Å². The van der Waals surface area contributed by atoms with Crippen LogP contribution in [-0.4, -0.2) is 45.0 Å². The van der Waals surface area contributed by atoms with Crippen molar-refractivity contribution in [2.24, 2.45) is 5.41 Å². The highest BCUT2D eigenvalue weighted by Gasteiger charge is 2.26. The number of hydrogen-bond donors (Lipinski definition) is 1. The molecule has 1 rings (SSSR count). The molecule has 7 heteroatoms. The summed E-state index contributed by atoms with van der Waals surface area (Å²) in [6.45, 7) is 12.4. The van der Waals surface area contributed by atoms with Gasteiger partial charge in [-0.15, -0.1) is 0 Å². The number of carbonyl (C=O) groups is 2. The molecular weight excluding hydrogens is 450 g/mol. The molecule has 0 saturated heterocycles. The highest BCUT2D eigenvalue weighted by molar-refractivity contribution is 7.90. The Labute approximate surface area is 205 Å². The number of sulfone groups is 1. The monoisotopic (exact) mass is 491 g/mol. The zero-order chi connectivity index (χ0) is 25.9. The molecule has 0 aliphatic heterocycles. The number of ether oxygens (including phenoxy) is 1. The Morgan fingerprint density at radius 1 is 1.18 bits per heavy atom. The predicted molar refractivity (Wildman–Crippen MR) is 139 cm³/mol. The highest BCUT2D eigenvalue weighted by atomic mass is 32.2. The molecule has 0 aromatic carbocycles. The molecule has 0 radical (unpaired) electrons. The van der Waals surface area contributed by atoms with Crippen molar-refractivity contribution in [3.63, 3.8) is 0 Å². The highest BCUT2D eigenvalue weighted by Crippen LogP contribution is 2.40. The van der Waals surface area contributed by atoms with Gasteiger partial charge in [0.1, 0.15) is 15.9 Å². The van der Waals surface area contributed by atoms with Crippen LogP contribution in [0.5, 0.6) is 0 Å². The summed E-state index contributed by atoms with van der Waals surface area (Å²) in [5.74, 6) is -1.33. The normalized spacial score (nSPS) is 18.4. The van der Waals surface area contributed by atoms with Crippen LogP contribution >= 0.6 is 0 Å². The standard InChI is InChI=1S/C27H41NO5S/c1-8-33-26(30)24(16-18-34(7,31)32)28-25(29)19-21(3)12-9-11-20(2)14-15-23-22(4)13-10-17-27(23,5)6/h9,11-12,14-15,19,24H,8,10,13,16-18H2,1-7H3,(H,28,29)/b12-9+,15-14+,20-11+,21-19-/t24-/m0/s1. The van der Waals surface area contributed by atoms with Gasteiger partial charge in [-0.2, -0.15) is 0 Å². The maximum Gasteiger partial charge on any atom is 0.328 e. The average molecular weight is 492 g/mol. The van der Waals surface area contributed by atoms with Gasteiger partial charge in [-0.05, 0) is 69.9 Å². The number of allylic oxidation sites excluding steroid dienone is 9. The topological polar surface area (TPSA) is 89.5 Å². The van der Waals surface area contributed by atoms with Crippen LogP contribution < -0.4 is 5.32 Å². The van der Waals surface area contributed by atoms with Crippen LogP contribution in [0, 0.1) is 5.41 Å². The number of carbonyl (C=O) groups excluding carboxylic acids is 2. The van der Waals surface area contributed by atoms with Gasteiger partial charge in [0, 0.05) is 12.3 Å². The van der Waals surface area contributed by atoms with Gasteiger partial charge in [0.2, 0.25) is 5.91 Å². The molecular formula is C27H41NO5S. The Kier molecular flexibility index (Phi) is 11.7. The first-order valence-corrected chi connectivity index (χ1v) is 13.9. The van der Waals surface area contributed by atoms with Crippen molar-refractivity contribution < 1.29 is 22.7 Å². The molecule has 0 aromatic heterocycles. The second-order valence-corrected chi connectivity index (χ2v) is 11.9. The first-order valence-electron chi connectivity index (χ1n) is 11.8. The molecule has 0 heterocycles. The molecule has 1 aliphatic rings. The Hall–Kier alpha value is -2.41. The molecule has 34 heavy (non-hydrogen) atoms. The van der Waals surface area contributed by atoms with Crippen molar-refractivity contribution >= 4 is 21.7 Å². The molecule has 0 bridgehead atoms. The van der Waals surface area contributed by atoms with Gasteiger partial charge < -0.3 is 10.1 Å². The summed E-state index contributed by atoms with van der Waals surface area (Å²) < 4.78 is 27.8. The van der Waals surface area contributed by atoms with Crippen LogP contribution in [0.2, 0.25) is 0 Å². The number of hydrogen-bond acceptors (Lipinski definition) is 5. The molecule has 190 valence electrons. The Bertz CT molecular complexity index is 994. The zero-order valence-electron chi connectivity index (χ0n) is 21.7. The number of nitrogens with one attached hydrogen (secondary N) is 1. The lowest BCUT2D eigenvalue weighted by atomic mass is 9.72. The maximum atomic E-state index is 12.4. The van der Waals surface area contributed by atoms with Crippen molar-refractivity contribution in [2.45, 2.75) is 73.3 Å². The minimum absolute atomic E-state index is 0.0346. The lowest BCUT2D eigenvalue weighted by Crippen LogP contribution is -2.42. The molecule has 0 saturated carbocycles. The second-order valence-electron chi connectivity index (χ2n) is 9.65. The zero-order valence-corrected chi connectivity index (χ0v) is 22.6. The molecule has 0 spiro atoms. The summed E-state index contributed by atoms with van der Waals surface area (Å²) in [7, 11) is -3.27. The fraction of sp³-hybridized carbons (Fsp3) is 0.556.